The number of nitriles is 1. The van der Waals surface area contributed by atoms with Crippen LogP contribution in [-0.4, -0.2) is 26.3 Å². The van der Waals surface area contributed by atoms with Gasteiger partial charge in [0.05, 0.1) is 16.7 Å². The van der Waals surface area contributed by atoms with Gasteiger partial charge in [-0.3, -0.25) is 0 Å². The van der Waals surface area contributed by atoms with Gasteiger partial charge in [0.2, 0.25) is 10.0 Å². The number of rotatable bonds is 3. The first-order chi connectivity index (χ1) is 8.60. The van der Waals surface area contributed by atoms with Gasteiger partial charge in [-0.15, -0.1) is 0 Å². The van der Waals surface area contributed by atoms with E-state index < -0.39 is 38.2 Å². The lowest BCUT2D eigenvalue weighted by atomic mass is 10.2. The van der Waals surface area contributed by atoms with Gasteiger partial charge in [0.15, 0.2) is 0 Å². The summed E-state index contributed by atoms with van der Waals surface area (Å²) in [5, 5.41) is 7.89. The molecule has 0 N–H and O–H groups in total. The zero-order valence-electron chi connectivity index (χ0n) is 9.57. The van der Waals surface area contributed by atoms with Crippen molar-refractivity contribution in [3.8, 4) is 6.07 Å². The predicted molar refractivity (Wildman–Crippen MR) is 61.9 cm³/mol. The van der Waals surface area contributed by atoms with Crippen LogP contribution < -0.4 is 0 Å². The van der Waals surface area contributed by atoms with Gasteiger partial charge in [0.25, 0.3) is 0 Å². The molecular weight excluding hydrogens is 305 g/mol. The highest BCUT2D eigenvalue weighted by atomic mass is 35.5. The molecule has 0 aromatic heterocycles. The summed E-state index contributed by atoms with van der Waals surface area (Å²) in [6.07, 6.45) is -4.61. The van der Waals surface area contributed by atoms with E-state index in [2.05, 4.69) is 0 Å². The van der Waals surface area contributed by atoms with E-state index in [1.54, 1.807) is 6.07 Å². The smallest absolute Gasteiger partial charge is 0.207 e. The van der Waals surface area contributed by atoms with Crippen molar-refractivity contribution < 1.29 is 21.6 Å². The van der Waals surface area contributed by atoms with Crippen molar-refractivity contribution in [3.63, 3.8) is 0 Å². The van der Waals surface area contributed by atoms with E-state index in [-0.39, 0.29) is 0 Å². The Kier molecular flexibility index (Phi) is 4.45. The highest BCUT2D eigenvalue weighted by Gasteiger charge is 2.32. The molecule has 4 nitrogen and oxygen atoms in total. The molecule has 0 aliphatic carbocycles. The molecule has 1 aromatic carbocycles. The van der Waals surface area contributed by atoms with Crippen LogP contribution in [0.1, 0.15) is 5.56 Å². The highest BCUT2D eigenvalue weighted by Crippen LogP contribution is 2.33. The molecule has 1 rings (SSSR count). The van der Waals surface area contributed by atoms with Gasteiger partial charge in [0.1, 0.15) is 11.4 Å². The zero-order valence-corrected chi connectivity index (χ0v) is 11.1. The van der Waals surface area contributed by atoms with Gasteiger partial charge in [-0.2, -0.15) is 22.7 Å². The van der Waals surface area contributed by atoms with Gasteiger partial charge in [0, 0.05) is 7.05 Å². The normalized spacial score (nSPS) is 12.5. The second-order valence-corrected chi connectivity index (χ2v) is 5.98. The summed E-state index contributed by atoms with van der Waals surface area (Å²) in [4.78, 5) is -0.472. The van der Waals surface area contributed by atoms with Crippen molar-refractivity contribution in [2.45, 2.75) is 11.1 Å². The van der Waals surface area contributed by atoms with Gasteiger partial charge < -0.3 is 0 Å². The minimum absolute atomic E-state index is 0.431. The number of alkyl halides is 3. The van der Waals surface area contributed by atoms with Crippen LogP contribution in [-0.2, 0) is 16.2 Å². The highest BCUT2D eigenvalue weighted by molar-refractivity contribution is 7.89. The zero-order chi connectivity index (χ0) is 14.8. The number of hydrogen-bond donors (Lipinski definition) is 0. The van der Waals surface area contributed by atoms with E-state index in [1.807, 2.05) is 0 Å². The first-order valence-electron chi connectivity index (χ1n) is 4.80. The molecule has 19 heavy (non-hydrogen) atoms. The molecule has 0 saturated heterocycles. The van der Waals surface area contributed by atoms with Gasteiger partial charge >= 0.3 is 6.18 Å². The predicted octanol–water partition coefficient (Wildman–Crippen LogP) is 2.50. The third kappa shape index (κ3) is 3.37. The molecule has 0 unspecified atom stereocenters. The average molecular weight is 313 g/mol. The SMILES string of the molecule is CN(CC#N)S(=O)(=O)c1ccc(C(F)(F)F)cc1Cl. The molecule has 0 aliphatic rings. The van der Waals surface area contributed by atoms with Crippen LogP contribution in [0.2, 0.25) is 5.02 Å². The molecule has 0 amide bonds. The van der Waals surface area contributed by atoms with E-state index in [9.17, 15) is 21.6 Å². The van der Waals surface area contributed by atoms with Crippen molar-refractivity contribution in [3.05, 3.63) is 28.8 Å². The second kappa shape index (κ2) is 5.36. The molecule has 0 aliphatic heterocycles. The molecule has 0 spiro atoms. The van der Waals surface area contributed by atoms with Gasteiger partial charge in [-0.1, -0.05) is 11.6 Å². The number of sulfonamides is 1. The standard InChI is InChI=1S/C10H8ClF3N2O2S/c1-16(5-4-15)19(17,18)9-3-2-7(6-8(9)11)10(12,13)14/h2-3,6H,5H2,1H3. The third-order valence-corrected chi connectivity index (χ3v) is 4.53. The molecule has 1 aromatic rings. The fourth-order valence-electron chi connectivity index (χ4n) is 1.24. The Morgan fingerprint density at radius 2 is 2.00 bits per heavy atom. The summed E-state index contributed by atoms with van der Waals surface area (Å²) in [7, 11) is -2.95. The minimum Gasteiger partial charge on any atom is -0.207 e. The minimum atomic E-state index is -4.61. The molecule has 0 bridgehead atoms. The third-order valence-electron chi connectivity index (χ3n) is 2.24. The summed E-state index contributed by atoms with van der Waals surface area (Å²) >= 11 is 5.58. The molecule has 0 radical (unpaired) electrons. The summed E-state index contributed by atoms with van der Waals surface area (Å²) in [6.45, 7) is -0.431. The summed E-state index contributed by atoms with van der Waals surface area (Å²) in [6, 6.07) is 3.55. The monoisotopic (exact) mass is 312 g/mol. The lowest BCUT2D eigenvalue weighted by Crippen LogP contribution is -2.27. The molecule has 104 valence electrons. The Hall–Kier alpha value is -1.30. The van der Waals surface area contributed by atoms with Crippen LogP contribution in [0, 0.1) is 11.3 Å². The quantitative estimate of drug-likeness (QED) is 0.806. The van der Waals surface area contributed by atoms with Crippen LogP contribution in [0.3, 0.4) is 0 Å². The van der Waals surface area contributed by atoms with Crippen LogP contribution in [0.25, 0.3) is 0 Å². The Morgan fingerprint density at radius 3 is 2.42 bits per heavy atom. The Morgan fingerprint density at radius 1 is 1.42 bits per heavy atom. The maximum atomic E-state index is 12.4. The van der Waals surface area contributed by atoms with Crippen LogP contribution in [0.4, 0.5) is 13.2 Å². The molecular formula is C10H8ClF3N2O2S. The van der Waals surface area contributed by atoms with E-state index in [1.165, 1.54) is 0 Å². The van der Waals surface area contributed by atoms with Crippen molar-refractivity contribution in [1.82, 2.24) is 4.31 Å². The number of halogens is 4. The molecule has 0 atom stereocenters. The van der Waals surface area contributed by atoms with E-state index in [4.69, 9.17) is 16.9 Å². The Balaban J connectivity index is 3.28. The van der Waals surface area contributed by atoms with E-state index >= 15 is 0 Å². The van der Waals surface area contributed by atoms with Crippen molar-refractivity contribution in [2.75, 3.05) is 13.6 Å². The van der Waals surface area contributed by atoms with Crippen LogP contribution in [0.15, 0.2) is 23.1 Å². The number of hydrogen-bond acceptors (Lipinski definition) is 3. The number of benzene rings is 1. The summed E-state index contributed by atoms with van der Waals surface area (Å²) < 4.78 is 61.8. The second-order valence-electron chi connectivity index (χ2n) is 3.56. The fourth-order valence-corrected chi connectivity index (χ4v) is 2.82. The Bertz CT molecular complexity index is 623. The van der Waals surface area contributed by atoms with Gasteiger partial charge in [-0.25, -0.2) is 8.42 Å². The van der Waals surface area contributed by atoms with Gasteiger partial charge in [-0.05, 0) is 18.2 Å². The topological polar surface area (TPSA) is 61.2 Å². The largest absolute Gasteiger partial charge is 0.416 e. The lowest BCUT2D eigenvalue weighted by Gasteiger charge is -2.15. The van der Waals surface area contributed by atoms with Crippen LogP contribution in [0.5, 0.6) is 0 Å². The van der Waals surface area contributed by atoms with Crippen LogP contribution >= 0.6 is 11.6 Å². The average Bonchev–Trinajstić information content (AvgIpc) is 2.27. The fraction of sp³-hybridized carbons (Fsp3) is 0.300. The molecule has 0 heterocycles. The first-order valence-corrected chi connectivity index (χ1v) is 6.62. The first kappa shape index (κ1) is 15.8. The maximum Gasteiger partial charge on any atom is 0.416 e. The maximum absolute atomic E-state index is 12.4. The van der Waals surface area contributed by atoms with E-state index in [0.717, 1.165) is 13.1 Å². The number of nitrogens with zero attached hydrogens (tertiary/aromatic N) is 2. The van der Waals surface area contributed by atoms with Crippen molar-refractivity contribution in [1.29, 1.82) is 5.26 Å². The van der Waals surface area contributed by atoms with Crippen molar-refractivity contribution in [2.24, 2.45) is 0 Å². The Labute approximate surface area is 113 Å². The van der Waals surface area contributed by atoms with Crippen molar-refractivity contribution >= 4 is 21.6 Å². The molecule has 9 heteroatoms. The van der Waals surface area contributed by atoms with E-state index in [0.29, 0.717) is 16.4 Å². The summed E-state index contributed by atoms with van der Waals surface area (Å²) in [5.74, 6) is 0. The molecule has 0 saturated carbocycles. The molecule has 0 fully saturated rings. The summed E-state index contributed by atoms with van der Waals surface area (Å²) in [5.41, 5.74) is -1.04. The lowest BCUT2D eigenvalue weighted by molar-refractivity contribution is -0.137.